The highest BCUT2D eigenvalue weighted by Gasteiger charge is 2.23. The fourth-order valence-electron chi connectivity index (χ4n) is 3.22. The van der Waals surface area contributed by atoms with Gasteiger partial charge in [-0.3, -0.25) is 14.5 Å². The van der Waals surface area contributed by atoms with E-state index in [9.17, 15) is 9.59 Å². The van der Waals surface area contributed by atoms with Crippen LogP contribution in [-0.2, 0) is 4.79 Å². The summed E-state index contributed by atoms with van der Waals surface area (Å²) < 4.78 is 0. The van der Waals surface area contributed by atoms with Crippen LogP contribution in [0.4, 0.5) is 0 Å². The maximum absolute atomic E-state index is 12.5. The Morgan fingerprint density at radius 2 is 1.74 bits per heavy atom. The Morgan fingerprint density at radius 3 is 2.41 bits per heavy atom. The minimum Gasteiger partial charge on any atom is -0.348 e. The SMILES string of the molecule is C[C@@H](NC(=O)CN1CCN(C(=O)c2ccccc2)CC1)c1cccc(Cl)c1. The molecule has 0 radical (unpaired) electrons. The molecule has 0 spiro atoms. The van der Waals surface area contributed by atoms with Crippen molar-refractivity contribution in [3.8, 4) is 0 Å². The maximum Gasteiger partial charge on any atom is 0.253 e. The monoisotopic (exact) mass is 385 g/mol. The molecule has 1 N–H and O–H groups in total. The van der Waals surface area contributed by atoms with E-state index in [1.165, 1.54) is 0 Å². The predicted molar refractivity (Wildman–Crippen MR) is 107 cm³/mol. The smallest absolute Gasteiger partial charge is 0.253 e. The lowest BCUT2D eigenvalue weighted by molar-refractivity contribution is -0.123. The Kier molecular flexibility index (Phi) is 6.48. The van der Waals surface area contributed by atoms with E-state index in [1.807, 2.05) is 66.4 Å². The van der Waals surface area contributed by atoms with Crippen molar-refractivity contribution in [1.82, 2.24) is 15.1 Å². The van der Waals surface area contributed by atoms with Crippen LogP contribution in [0.5, 0.6) is 0 Å². The molecule has 1 atom stereocenters. The van der Waals surface area contributed by atoms with Crippen LogP contribution in [0.25, 0.3) is 0 Å². The fourth-order valence-corrected chi connectivity index (χ4v) is 3.42. The molecule has 1 aliphatic heterocycles. The van der Waals surface area contributed by atoms with Gasteiger partial charge in [0, 0.05) is 36.8 Å². The molecule has 142 valence electrons. The van der Waals surface area contributed by atoms with Crippen LogP contribution in [-0.4, -0.2) is 54.3 Å². The third-order valence-electron chi connectivity index (χ3n) is 4.77. The number of piperazine rings is 1. The lowest BCUT2D eigenvalue weighted by Gasteiger charge is -2.34. The van der Waals surface area contributed by atoms with Gasteiger partial charge in [-0.25, -0.2) is 0 Å². The zero-order chi connectivity index (χ0) is 19.2. The van der Waals surface area contributed by atoms with Gasteiger partial charge in [-0.1, -0.05) is 41.9 Å². The summed E-state index contributed by atoms with van der Waals surface area (Å²) in [5, 5.41) is 3.67. The summed E-state index contributed by atoms with van der Waals surface area (Å²) in [6.07, 6.45) is 0. The molecule has 0 aromatic heterocycles. The number of amides is 2. The predicted octanol–water partition coefficient (Wildman–Crippen LogP) is 2.98. The van der Waals surface area contributed by atoms with E-state index in [4.69, 9.17) is 11.6 Å². The first-order chi connectivity index (χ1) is 13.0. The van der Waals surface area contributed by atoms with Gasteiger partial charge in [0.25, 0.3) is 5.91 Å². The summed E-state index contributed by atoms with van der Waals surface area (Å²) >= 11 is 6.01. The highest BCUT2D eigenvalue weighted by atomic mass is 35.5. The van der Waals surface area contributed by atoms with Crippen molar-refractivity contribution in [2.75, 3.05) is 32.7 Å². The molecule has 2 aromatic rings. The van der Waals surface area contributed by atoms with E-state index >= 15 is 0 Å². The molecule has 1 aliphatic rings. The van der Waals surface area contributed by atoms with Gasteiger partial charge in [0.15, 0.2) is 0 Å². The third-order valence-corrected chi connectivity index (χ3v) is 5.01. The Labute approximate surface area is 164 Å². The Hall–Kier alpha value is -2.37. The molecule has 6 heteroatoms. The summed E-state index contributed by atoms with van der Waals surface area (Å²) in [4.78, 5) is 28.8. The Balaban J connectivity index is 1.46. The minimum absolute atomic E-state index is 0.0229. The quantitative estimate of drug-likeness (QED) is 0.860. The number of nitrogens with one attached hydrogen (secondary N) is 1. The zero-order valence-electron chi connectivity index (χ0n) is 15.4. The molecule has 0 unspecified atom stereocenters. The first-order valence-corrected chi connectivity index (χ1v) is 9.52. The average Bonchev–Trinajstić information content (AvgIpc) is 2.68. The molecular weight excluding hydrogens is 362 g/mol. The molecule has 0 bridgehead atoms. The van der Waals surface area contributed by atoms with E-state index in [2.05, 4.69) is 10.2 Å². The molecule has 2 amide bonds. The van der Waals surface area contributed by atoms with E-state index in [-0.39, 0.29) is 17.9 Å². The van der Waals surface area contributed by atoms with Gasteiger partial charge in [0.2, 0.25) is 5.91 Å². The van der Waals surface area contributed by atoms with Crippen molar-refractivity contribution in [2.24, 2.45) is 0 Å². The first-order valence-electron chi connectivity index (χ1n) is 9.14. The van der Waals surface area contributed by atoms with Crippen LogP contribution >= 0.6 is 11.6 Å². The maximum atomic E-state index is 12.5. The van der Waals surface area contributed by atoms with E-state index in [0.717, 1.165) is 5.56 Å². The highest BCUT2D eigenvalue weighted by molar-refractivity contribution is 6.30. The van der Waals surface area contributed by atoms with Gasteiger partial charge in [-0.05, 0) is 36.8 Å². The number of halogens is 1. The largest absolute Gasteiger partial charge is 0.348 e. The Bertz CT molecular complexity index is 789. The van der Waals surface area contributed by atoms with Crippen LogP contribution in [0.15, 0.2) is 54.6 Å². The fraction of sp³-hybridized carbons (Fsp3) is 0.333. The lowest BCUT2D eigenvalue weighted by atomic mass is 10.1. The zero-order valence-corrected chi connectivity index (χ0v) is 16.2. The molecule has 1 heterocycles. The van der Waals surface area contributed by atoms with Gasteiger partial charge in [-0.15, -0.1) is 0 Å². The second kappa shape index (κ2) is 9.02. The second-order valence-electron chi connectivity index (χ2n) is 6.78. The summed E-state index contributed by atoms with van der Waals surface area (Å²) in [6.45, 7) is 4.92. The summed E-state index contributed by atoms with van der Waals surface area (Å²) in [5.41, 5.74) is 1.69. The number of hydrogen-bond donors (Lipinski definition) is 1. The summed E-state index contributed by atoms with van der Waals surface area (Å²) in [6, 6.07) is 16.7. The molecule has 0 saturated carbocycles. The summed E-state index contributed by atoms with van der Waals surface area (Å²) in [5.74, 6) is 0.0274. The van der Waals surface area contributed by atoms with Gasteiger partial charge >= 0.3 is 0 Å². The second-order valence-corrected chi connectivity index (χ2v) is 7.22. The molecule has 2 aromatic carbocycles. The van der Waals surface area contributed by atoms with Crippen molar-refractivity contribution in [2.45, 2.75) is 13.0 Å². The Morgan fingerprint density at radius 1 is 1.04 bits per heavy atom. The molecule has 5 nitrogen and oxygen atoms in total. The van der Waals surface area contributed by atoms with Gasteiger partial charge in [0.1, 0.15) is 0 Å². The van der Waals surface area contributed by atoms with E-state index in [0.29, 0.717) is 43.3 Å². The van der Waals surface area contributed by atoms with Crippen LogP contribution in [0.2, 0.25) is 5.02 Å². The molecular formula is C21H24ClN3O2. The number of carbonyl (C=O) groups excluding carboxylic acids is 2. The van der Waals surface area contributed by atoms with Gasteiger partial charge < -0.3 is 10.2 Å². The number of rotatable bonds is 5. The number of hydrogen-bond acceptors (Lipinski definition) is 3. The van der Waals surface area contributed by atoms with Gasteiger partial charge in [0.05, 0.1) is 12.6 Å². The number of carbonyl (C=O) groups is 2. The highest BCUT2D eigenvalue weighted by Crippen LogP contribution is 2.17. The van der Waals surface area contributed by atoms with Crippen molar-refractivity contribution >= 4 is 23.4 Å². The molecule has 1 fully saturated rings. The first kappa shape index (κ1) is 19.4. The average molecular weight is 386 g/mol. The van der Waals surface area contributed by atoms with Gasteiger partial charge in [-0.2, -0.15) is 0 Å². The molecule has 1 saturated heterocycles. The van der Waals surface area contributed by atoms with Crippen LogP contribution < -0.4 is 5.32 Å². The standard InChI is InChI=1S/C21H24ClN3O2/c1-16(18-8-5-9-19(22)14-18)23-20(26)15-24-10-12-25(13-11-24)21(27)17-6-3-2-4-7-17/h2-9,14,16H,10-13,15H2,1H3,(H,23,26)/t16-/m1/s1. The summed E-state index contributed by atoms with van der Waals surface area (Å²) in [7, 11) is 0. The van der Waals surface area contributed by atoms with Crippen LogP contribution in [0.1, 0.15) is 28.9 Å². The molecule has 0 aliphatic carbocycles. The topological polar surface area (TPSA) is 52.7 Å². The van der Waals surface area contributed by atoms with Crippen molar-refractivity contribution in [3.63, 3.8) is 0 Å². The van der Waals surface area contributed by atoms with Crippen molar-refractivity contribution in [1.29, 1.82) is 0 Å². The van der Waals surface area contributed by atoms with Crippen molar-refractivity contribution in [3.05, 3.63) is 70.7 Å². The normalized spacial score (nSPS) is 16.0. The van der Waals surface area contributed by atoms with E-state index in [1.54, 1.807) is 0 Å². The van der Waals surface area contributed by atoms with Crippen LogP contribution in [0, 0.1) is 0 Å². The molecule has 27 heavy (non-hydrogen) atoms. The lowest BCUT2D eigenvalue weighted by Crippen LogP contribution is -2.51. The number of nitrogens with zero attached hydrogens (tertiary/aromatic N) is 2. The van der Waals surface area contributed by atoms with Crippen LogP contribution in [0.3, 0.4) is 0 Å². The molecule has 3 rings (SSSR count). The van der Waals surface area contributed by atoms with E-state index < -0.39 is 0 Å². The third kappa shape index (κ3) is 5.31. The minimum atomic E-state index is -0.0999. The number of benzene rings is 2. The van der Waals surface area contributed by atoms with Crippen molar-refractivity contribution < 1.29 is 9.59 Å².